The lowest BCUT2D eigenvalue weighted by Gasteiger charge is -2.09. The number of hydrogen-bond acceptors (Lipinski definition) is 2. The average molecular weight is 255 g/mol. The first-order valence-corrected chi connectivity index (χ1v) is 7.17. The van der Waals surface area contributed by atoms with Crippen molar-refractivity contribution in [2.45, 2.75) is 45.3 Å². The summed E-state index contributed by atoms with van der Waals surface area (Å²) >= 11 is 0. The van der Waals surface area contributed by atoms with Crippen LogP contribution >= 0.6 is 0 Å². The van der Waals surface area contributed by atoms with Gasteiger partial charge >= 0.3 is 0 Å². The molecular formula is C16H21N3. The van der Waals surface area contributed by atoms with Crippen LogP contribution < -0.4 is 5.32 Å². The molecule has 1 fully saturated rings. The third kappa shape index (κ3) is 3.24. The van der Waals surface area contributed by atoms with Gasteiger partial charge in [0.2, 0.25) is 0 Å². The number of aromatic nitrogens is 2. The predicted molar refractivity (Wildman–Crippen MR) is 77.0 cm³/mol. The zero-order valence-electron chi connectivity index (χ0n) is 11.5. The molecule has 3 heteroatoms. The van der Waals surface area contributed by atoms with Gasteiger partial charge in [0.15, 0.2) is 0 Å². The molecule has 0 atom stereocenters. The highest BCUT2D eigenvalue weighted by Crippen LogP contribution is 2.19. The Hall–Kier alpha value is -1.61. The van der Waals surface area contributed by atoms with Crippen LogP contribution in [0.5, 0.6) is 0 Å². The predicted octanol–water partition coefficient (Wildman–Crippen LogP) is 2.75. The summed E-state index contributed by atoms with van der Waals surface area (Å²) in [7, 11) is 0. The van der Waals surface area contributed by atoms with E-state index < -0.39 is 0 Å². The lowest BCUT2D eigenvalue weighted by atomic mass is 10.1. The van der Waals surface area contributed by atoms with Gasteiger partial charge in [-0.15, -0.1) is 0 Å². The van der Waals surface area contributed by atoms with Crippen LogP contribution in [0.4, 0.5) is 0 Å². The van der Waals surface area contributed by atoms with Crippen LogP contribution in [-0.4, -0.2) is 15.8 Å². The highest BCUT2D eigenvalue weighted by atomic mass is 15.3. The SMILES string of the molecule is CCc1ccc(Cn2nccc2CNC2CC2)cc1. The van der Waals surface area contributed by atoms with Gasteiger partial charge in [0.1, 0.15) is 0 Å². The Bertz CT molecular complexity index is 523. The van der Waals surface area contributed by atoms with Gasteiger partial charge in [0.25, 0.3) is 0 Å². The van der Waals surface area contributed by atoms with Crippen LogP contribution in [0.25, 0.3) is 0 Å². The topological polar surface area (TPSA) is 29.9 Å². The molecule has 0 saturated heterocycles. The van der Waals surface area contributed by atoms with Crippen molar-refractivity contribution in [2.24, 2.45) is 0 Å². The molecule has 1 aromatic heterocycles. The van der Waals surface area contributed by atoms with Crippen molar-refractivity contribution in [3.63, 3.8) is 0 Å². The fourth-order valence-electron chi connectivity index (χ4n) is 2.24. The summed E-state index contributed by atoms with van der Waals surface area (Å²) in [5, 5.41) is 7.97. The Labute approximate surface area is 114 Å². The zero-order chi connectivity index (χ0) is 13.1. The number of rotatable bonds is 6. The van der Waals surface area contributed by atoms with Crippen molar-refractivity contribution in [3.8, 4) is 0 Å². The first kappa shape index (κ1) is 12.4. The summed E-state index contributed by atoms with van der Waals surface area (Å²) in [6.07, 6.45) is 5.64. The van der Waals surface area contributed by atoms with Crippen molar-refractivity contribution in [3.05, 3.63) is 53.3 Å². The van der Waals surface area contributed by atoms with Crippen LogP contribution in [0.3, 0.4) is 0 Å². The quantitative estimate of drug-likeness (QED) is 0.860. The monoisotopic (exact) mass is 255 g/mol. The largest absolute Gasteiger partial charge is 0.308 e. The van der Waals surface area contributed by atoms with Gasteiger partial charge in [0, 0.05) is 18.8 Å². The Morgan fingerprint density at radius 3 is 2.58 bits per heavy atom. The van der Waals surface area contributed by atoms with Gasteiger partial charge in [0.05, 0.1) is 12.2 Å². The Morgan fingerprint density at radius 2 is 1.89 bits per heavy atom. The molecule has 1 aliphatic rings. The molecule has 19 heavy (non-hydrogen) atoms. The van der Waals surface area contributed by atoms with E-state index >= 15 is 0 Å². The number of nitrogens with one attached hydrogen (secondary N) is 1. The number of nitrogens with zero attached hydrogens (tertiary/aromatic N) is 2. The summed E-state index contributed by atoms with van der Waals surface area (Å²) in [6.45, 7) is 3.97. The summed E-state index contributed by atoms with van der Waals surface area (Å²) < 4.78 is 2.09. The van der Waals surface area contributed by atoms with E-state index in [1.807, 2.05) is 6.20 Å². The summed E-state index contributed by atoms with van der Waals surface area (Å²) in [6, 6.07) is 11.7. The van der Waals surface area contributed by atoms with Gasteiger partial charge in [-0.05, 0) is 36.5 Å². The maximum atomic E-state index is 4.43. The fourth-order valence-corrected chi connectivity index (χ4v) is 2.24. The molecule has 0 spiro atoms. The fraction of sp³-hybridized carbons (Fsp3) is 0.438. The van der Waals surface area contributed by atoms with Crippen molar-refractivity contribution < 1.29 is 0 Å². The molecule has 0 bridgehead atoms. The van der Waals surface area contributed by atoms with Gasteiger partial charge in [-0.1, -0.05) is 31.2 Å². The second-order valence-electron chi connectivity index (χ2n) is 5.31. The third-order valence-corrected chi connectivity index (χ3v) is 3.72. The molecule has 1 aromatic carbocycles. The normalized spacial score (nSPS) is 14.8. The molecule has 2 aromatic rings. The van der Waals surface area contributed by atoms with Crippen LogP contribution in [0.15, 0.2) is 36.5 Å². The smallest absolute Gasteiger partial charge is 0.0663 e. The van der Waals surface area contributed by atoms with Gasteiger partial charge in [-0.25, -0.2) is 0 Å². The number of aryl methyl sites for hydroxylation is 1. The third-order valence-electron chi connectivity index (χ3n) is 3.72. The standard InChI is InChI=1S/C16H21N3/c1-2-13-3-5-14(6-4-13)12-19-16(9-10-18-19)11-17-15-7-8-15/h3-6,9-10,15,17H,2,7-8,11-12H2,1H3. The second kappa shape index (κ2) is 5.57. The molecule has 100 valence electrons. The maximum Gasteiger partial charge on any atom is 0.0663 e. The molecule has 0 aliphatic heterocycles. The minimum atomic E-state index is 0.743. The number of benzene rings is 1. The maximum absolute atomic E-state index is 4.43. The molecule has 1 aliphatic carbocycles. The van der Waals surface area contributed by atoms with E-state index in [0.717, 1.165) is 25.6 Å². The highest BCUT2D eigenvalue weighted by Gasteiger charge is 2.20. The molecule has 0 unspecified atom stereocenters. The summed E-state index contributed by atoms with van der Waals surface area (Å²) in [4.78, 5) is 0. The second-order valence-corrected chi connectivity index (χ2v) is 5.31. The molecule has 1 heterocycles. The molecule has 3 rings (SSSR count). The van der Waals surface area contributed by atoms with Crippen molar-refractivity contribution >= 4 is 0 Å². The van der Waals surface area contributed by atoms with Crippen molar-refractivity contribution in [1.29, 1.82) is 0 Å². The van der Waals surface area contributed by atoms with Crippen molar-refractivity contribution in [1.82, 2.24) is 15.1 Å². The number of hydrogen-bond donors (Lipinski definition) is 1. The van der Waals surface area contributed by atoms with Crippen LogP contribution in [0, 0.1) is 0 Å². The highest BCUT2D eigenvalue weighted by molar-refractivity contribution is 5.23. The first-order chi connectivity index (χ1) is 9.35. The minimum Gasteiger partial charge on any atom is -0.308 e. The molecule has 3 nitrogen and oxygen atoms in total. The van der Waals surface area contributed by atoms with E-state index in [9.17, 15) is 0 Å². The Morgan fingerprint density at radius 1 is 1.16 bits per heavy atom. The zero-order valence-corrected chi connectivity index (χ0v) is 11.5. The Balaban J connectivity index is 1.65. The van der Waals surface area contributed by atoms with Crippen LogP contribution in [0.2, 0.25) is 0 Å². The van der Waals surface area contributed by atoms with E-state index in [4.69, 9.17) is 0 Å². The van der Waals surface area contributed by atoms with Crippen LogP contribution in [0.1, 0.15) is 36.6 Å². The average Bonchev–Trinajstić information content (AvgIpc) is 3.18. The van der Waals surface area contributed by atoms with E-state index in [1.165, 1.54) is 29.7 Å². The van der Waals surface area contributed by atoms with E-state index in [0.29, 0.717) is 0 Å². The van der Waals surface area contributed by atoms with Gasteiger partial charge < -0.3 is 5.32 Å². The first-order valence-electron chi connectivity index (χ1n) is 7.17. The minimum absolute atomic E-state index is 0.743. The summed E-state index contributed by atoms with van der Waals surface area (Å²) in [5.74, 6) is 0. The lowest BCUT2D eigenvalue weighted by Crippen LogP contribution is -2.18. The molecule has 0 amide bonds. The molecule has 0 radical (unpaired) electrons. The van der Waals surface area contributed by atoms with E-state index in [2.05, 4.69) is 52.4 Å². The van der Waals surface area contributed by atoms with Crippen molar-refractivity contribution in [2.75, 3.05) is 0 Å². The Kier molecular flexibility index (Phi) is 3.65. The summed E-state index contributed by atoms with van der Waals surface area (Å²) in [5.41, 5.74) is 3.97. The van der Waals surface area contributed by atoms with Crippen LogP contribution in [-0.2, 0) is 19.5 Å². The van der Waals surface area contributed by atoms with Gasteiger partial charge in [-0.3, -0.25) is 4.68 Å². The lowest BCUT2D eigenvalue weighted by molar-refractivity contribution is 0.593. The van der Waals surface area contributed by atoms with E-state index in [-0.39, 0.29) is 0 Å². The van der Waals surface area contributed by atoms with Gasteiger partial charge in [-0.2, -0.15) is 5.10 Å². The molecule has 1 saturated carbocycles. The van der Waals surface area contributed by atoms with E-state index in [1.54, 1.807) is 0 Å². The molecular weight excluding hydrogens is 234 g/mol. The molecule has 1 N–H and O–H groups in total.